The Balaban J connectivity index is 3.69. The lowest BCUT2D eigenvalue weighted by Crippen LogP contribution is -2.19. The molecule has 6 nitrogen and oxygen atoms in total. The van der Waals surface area contributed by atoms with E-state index in [0.29, 0.717) is 5.56 Å². The molecule has 0 unspecified atom stereocenters. The summed E-state index contributed by atoms with van der Waals surface area (Å²) in [5.41, 5.74) is 0.393. The number of hydrogen-bond donors (Lipinski definition) is 0. The molecule has 0 heterocycles. The van der Waals surface area contributed by atoms with Crippen LogP contribution in [0.4, 0.5) is 0 Å². The maximum Gasteiger partial charge on any atom is 0.361 e. The summed E-state index contributed by atoms with van der Waals surface area (Å²) in [5.74, 6) is -0.205. The van der Waals surface area contributed by atoms with Crippen LogP contribution in [-0.2, 0) is 27.9 Å². The number of hydrogen-bond acceptors (Lipinski definition) is 6. The van der Waals surface area contributed by atoms with E-state index in [2.05, 4.69) is 4.18 Å². The quantitative estimate of drug-likeness (QED) is 0.463. The lowest BCUT2D eigenvalue weighted by molar-refractivity contribution is 0.150. The second-order valence-electron chi connectivity index (χ2n) is 6.43. The second kappa shape index (κ2) is 8.51. The van der Waals surface area contributed by atoms with Gasteiger partial charge in [-0.3, -0.25) is 8.75 Å². The molecule has 0 aromatic heterocycles. The standard InChI is InChI=1S/C16H26ClO6PS/c1-10(2)14-8-13(9-15(17)16(14)25(19,20)21-7)24(18,22-11(3)4)23-12(5)6/h8-12H,1-7H3. The van der Waals surface area contributed by atoms with Gasteiger partial charge in [0.15, 0.2) is 0 Å². The van der Waals surface area contributed by atoms with Crippen LogP contribution < -0.4 is 5.30 Å². The molecular weight excluding hydrogens is 387 g/mol. The Morgan fingerprint density at radius 1 is 1.00 bits per heavy atom. The van der Waals surface area contributed by atoms with Crippen LogP contribution >= 0.6 is 19.2 Å². The van der Waals surface area contributed by atoms with E-state index < -0.39 is 17.7 Å². The van der Waals surface area contributed by atoms with Gasteiger partial charge in [-0.05, 0) is 51.3 Å². The molecule has 144 valence electrons. The molecule has 0 N–H and O–H groups in total. The molecule has 1 rings (SSSR count). The van der Waals surface area contributed by atoms with Gasteiger partial charge in [0.25, 0.3) is 10.1 Å². The Bertz CT molecular complexity index is 744. The maximum absolute atomic E-state index is 13.3. The van der Waals surface area contributed by atoms with Gasteiger partial charge >= 0.3 is 7.60 Å². The molecule has 9 heteroatoms. The lowest BCUT2D eigenvalue weighted by atomic mass is 10.0. The first-order chi connectivity index (χ1) is 11.3. The molecule has 0 aliphatic heterocycles. The highest BCUT2D eigenvalue weighted by atomic mass is 35.5. The van der Waals surface area contributed by atoms with Gasteiger partial charge in [0.05, 0.1) is 29.6 Å². The fraction of sp³-hybridized carbons (Fsp3) is 0.625. The molecule has 0 aliphatic carbocycles. The van der Waals surface area contributed by atoms with E-state index >= 15 is 0 Å². The molecule has 0 fully saturated rings. The van der Waals surface area contributed by atoms with Gasteiger partial charge in [0.1, 0.15) is 4.90 Å². The topological polar surface area (TPSA) is 78.9 Å². The smallest absolute Gasteiger partial charge is 0.302 e. The van der Waals surface area contributed by atoms with Crippen molar-refractivity contribution in [1.29, 1.82) is 0 Å². The summed E-state index contributed by atoms with van der Waals surface area (Å²) in [4.78, 5) is -0.129. The van der Waals surface area contributed by atoms with Crippen molar-refractivity contribution < 1.29 is 26.2 Å². The van der Waals surface area contributed by atoms with E-state index in [1.54, 1.807) is 27.7 Å². The van der Waals surface area contributed by atoms with Gasteiger partial charge in [-0.2, -0.15) is 8.42 Å². The Hall–Kier alpha value is -0.430. The van der Waals surface area contributed by atoms with Gasteiger partial charge in [0, 0.05) is 0 Å². The highest BCUT2D eigenvalue weighted by Crippen LogP contribution is 2.50. The average molecular weight is 413 g/mol. The summed E-state index contributed by atoms with van der Waals surface area (Å²) in [6.45, 7) is 10.6. The second-order valence-corrected chi connectivity index (χ2v) is 10.4. The summed E-state index contributed by atoms with van der Waals surface area (Å²) in [6.07, 6.45) is -0.707. The third-order valence-corrected chi connectivity index (χ3v) is 7.26. The SMILES string of the molecule is COS(=O)(=O)c1c(Cl)cc(P(=O)(OC(C)C)OC(C)C)cc1C(C)C. The molecule has 0 saturated carbocycles. The third-order valence-electron chi connectivity index (χ3n) is 3.16. The molecule has 0 spiro atoms. The summed E-state index contributed by atoms with van der Waals surface area (Å²) < 4.78 is 53.5. The van der Waals surface area contributed by atoms with Gasteiger partial charge in [-0.15, -0.1) is 0 Å². The first-order valence-corrected chi connectivity index (χ1v) is 11.3. The fourth-order valence-corrected chi connectivity index (χ4v) is 5.86. The summed E-state index contributed by atoms with van der Waals surface area (Å²) in [6, 6.07) is 2.82. The molecule has 0 aliphatic rings. The van der Waals surface area contributed by atoms with E-state index in [9.17, 15) is 13.0 Å². The van der Waals surface area contributed by atoms with E-state index in [0.717, 1.165) is 7.11 Å². The minimum Gasteiger partial charge on any atom is -0.302 e. The minimum atomic E-state index is -4.02. The van der Waals surface area contributed by atoms with Crippen LogP contribution in [0.5, 0.6) is 0 Å². The van der Waals surface area contributed by atoms with Crippen molar-refractivity contribution in [2.45, 2.75) is 64.6 Å². The molecule has 0 saturated heterocycles. The molecule has 0 bridgehead atoms. The molecule has 1 aromatic carbocycles. The lowest BCUT2D eigenvalue weighted by Gasteiger charge is -2.25. The van der Waals surface area contributed by atoms with Crippen molar-refractivity contribution in [3.05, 3.63) is 22.7 Å². The van der Waals surface area contributed by atoms with Crippen molar-refractivity contribution in [3.63, 3.8) is 0 Å². The van der Waals surface area contributed by atoms with Crippen LogP contribution in [0.3, 0.4) is 0 Å². The van der Waals surface area contributed by atoms with Gasteiger partial charge in [-0.1, -0.05) is 25.4 Å². The molecule has 0 radical (unpaired) electrons. The Morgan fingerprint density at radius 2 is 1.48 bits per heavy atom. The van der Waals surface area contributed by atoms with Gasteiger partial charge < -0.3 is 9.05 Å². The zero-order chi connectivity index (χ0) is 19.6. The van der Waals surface area contributed by atoms with Crippen LogP contribution in [0.15, 0.2) is 17.0 Å². The first kappa shape index (κ1) is 22.6. The van der Waals surface area contributed by atoms with Crippen LogP contribution in [0.1, 0.15) is 53.0 Å². The third kappa shape index (κ3) is 5.52. The number of benzene rings is 1. The van der Waals surface area contributed by atoms with Crippen molar-refractivity contribution in [2.75, 3.05) is 7.11 Å². The highest BCUT2D eigenvalue weighted by Gasteiger charge is 2.34. The Kier molecular flexibility index (Phi) is 7.69. The normalized spacial score (nSPS) is 13.2. The fourth-order valence-electron chi connectivity index (χ4n) is 2.24. The van der Waals surface area contributed by atoms with Gasteiger partial charge in [-0.25, -0.2) is 0 Å². The Labute approximate surface area is 155 Å². The maximum atomic E-state index is 13.3. The van der Waals surface area contributed by atoms with Crippen molar-refractivity contribution in [3.8, 4) is 0 Å². The van der Waals surface area contributed by atoms with E-state index in [4.69, 9.17) is 20.6 Å². The molecule has 0 atom stereocenters. The predicted octanol–water partition coefficient (Wildman–Crippen LogP) is 4.47. The predicted molar refractivity (Wildman–Crippen MR) is 99.4 cm³/mol. The number of halogens is 1. The van der Waals surface area contributed by atoms with Crippen molar-refractivity contribution in [1.82, 2.24) is 0 Å². The molecule has 0 amide bonds. The van der Waals surface area contributed by atoms with Crippen LogP contribution in [0.25, 0.3) is 0 Å². The summed E-state index contributed by atoms with van der Waals surface area (Å²) in [7, 11) is -6.63. The Morgan fingerprint density at radius 3 is 1.84 bits per heavy atom. The van der Waals surface area contributed by atoms with Gasteiger partial charge in [0.2, 0.25) is 0 Å². The average Bonchev–Trinajstić information content (AvgIpc) is 2.44. The van der Waals surface area contributed by atoms with Crippen molar-refractivity contribution in [2.24, 2.45) is 0 Å². The first-order valence-electron chi connectivity index (χ1n) is 7.95. The summed E-state index contributed by atoms with van der Waals surface area (Å²) >= 11 is 6.23. The monoisotopic (exact) mass is 412 g/mol. The molecule has 25 heavy (non-hydrogen) atoms. The molecule has 1 aromatic rings. The van der Waals surface area contributed by atoms with Crippen LogP contribution in [0.2, 0.25) is 5.02 Å². The van der Waals surface area contributed by atoms with E-state index in [1.165, 1.54) is 12.1 Å². The van der Waals surface area contributed by atoms with Crippen LogP contribution in [0, 0.1) is 0 Å². The zero-order valence-corrected chi connectivity index (χ0v) is 18.0. The molecular formula is C16H26ClO6PS. The zero-order valence-electron chi connectivity index (χ0n) is 15.6. The van der Waals surface area contributed by atoms with E-state index in [1.807, 2.05) is 13.8 Å². The minimum absolute atomic E-state index is 0.0806. The van der Waals surface area contributed by atoms with E-state index in [-0.39, 0.29) is 33.3 Å². The summed E-state index contributed by atoms with van der Waals surface area (Å²) in [5, 5.41) is 0.140. The number of rotatable bonds is 8. The highest BCUT2D eigenvalue weighted by molar-refractivity contribution is 7.87. The van der Waals surface area contributed by atoms with Crippen LogP contribution in [-0.4, -0.2) is 27.7 Å². The largest absolute Gasteiger partial charge is 0.361 e. The van der Waals surface area contributed by atoms with Crippen molar-refractivity contribution >= 4 is 34.6 Å².